The van der Waals surface area contributed by atoms with Crippen molar-refractivity contribution >= 4 is 11.0 Å². The lowest BCUT2D eigenvalue weighted by Crippen LogP contribution is -2.13. The molecule has 0 aliphatic heterocycles. The molecule has 80 valence electrons. The molecule has 0 saturated heterocycles. The highest BCUT2D eigenvalue weighted by molar-refractivity contribution is 5.82. The van der Waals surface area contributed by atoms with Crippen LogP contribution in [0.15, 0.2) is 28.7 Å². The van der Waals surface area contributed by atoms with E-state index in [4.69, 9.17) is 9.25 Å². The van der Waals surface area contributed by atoms with E-state index >= 15 is 0 Å². The maximum atomic E-state index is 5.63. The molecule has 0 unspecified atom stereocenters. The second-order valence-electron chi connectivity index (χ2n) is 3.39. The van der Waals surface area contributed by atoms with Gasteiger partial charge in [-0.25, -0.2) is 0 Å². The summed E-state index contributed by atoms with van der Waals surface area (Å²) in [6.07, 6.45) is 0. The third kappa shape index (κ3) is 2.03. The number of aryl methyl sites for hydroxylation is 1. The standard InChI is InChI=1S/C12H15NO2/c1-3-14-13-8-11-9(2)15-12-7-5-4-6-10(11)12/h4-7,13H,3,8H2,1-2H3. The topological polar surface area (TPSA) is 34.4 Å². The third-order valence-electron chi connectivity index (χ3n) is 2.40. The minimum atomic E-state index is 0.662. The second-order valence-corrected chi connectivity index (χ2v) is 3.39. The molecule has 0 spiro atoms. The predicted octanol–water partition coefficient (Wildman–Crippen LogP) is 2.78. The Bertz CT molecular complexity index is 448. The lowest BCUT2D eigenvalue weighted by molar-refractivity contribution is 0.0463. The Morgan fingerprint density at radius 2 is 2.13 bits per heavy atom. The van der Waals surface area contributed by atoms with Crippen LogP contribution >= 0.6 is 0 Å². The summed E-state index contributed by atoms with van der Waals surface area (Å²) in [7, 11) is 0. The number of fused-ring (bicyclic) bond motifs is 1. The highest BCUT2D eigenvalue weighted by Gasteiger charge is 2.09. The van der Waals surface area contributed by atoms with E-state index in [0.29, 0.717) is 13.2 Å². The number of hydroxylamine groups is 1. The molecule has 0 fully saturated rings. The van der Waals surface area contributed by atoms with Crippen LogP contribution in [-0.2, 0) is 11.4 Å². The van der Waals surface area contributed by atoms with Gasteiger partial charge in [-0.2, -0.15) is 5.48 Å². The molecule has 0 radical (unpaired) electrons. The number of nitrogens with one attached hydrogen (secondary N) is 1. The lowest BCUT2D eigenvalue weighted by atomic mass is 10.1. The van der Waals surface area contributed by atoms with Crippen molar-refractivity contribution in [2.24, 2.45) is 0 Å². The maximum Gasteiger partial charge on any atom is 0.134 e. The number of furan rings is 1. The highest BCUT2D eigenvalue weighted by atomic mass is 16.6. The first-order valence-corrected chi connectivity index (χ1v) is 5.14. The number of benzene rings is 1. The highest BCUT2D eigenvalue weighted by Crippen LogP contribution is 2.24. The zero-order valence-electron chi connectivity index (χ0n) is 9.04. The maximum absolute atomic E-state index is 5.63. The van der Waals surface area contributed by atoms with Crippen LogP contribution < -0.4 is 5.48 Å². The Kier molecular flexibility index (Phi) is 3.04. The van der Waals surface area contributed by atoms with Gasteiger partial charge >= 0.3 is 0 Å². The molecular weight excluding hydrogens is 190 g/mol. The van der Waals surface area contributed by atoms with Crippen LogP contribution in [0.1, 0.15) is 18.2 Å². The van der Waals surface area contributed by atoms with Gasteiger partial charge in [0.2, 0.25) is 0 Å². The van der Waals surface area contributed by atoms with Crippen LogP contribution in [0.5, 0.6) is 0 Å². The predicted molar refractivity (Wildman–Crippen MR) is 59.4 cm³/mol. The van der Waals surface area contributed by atoms with Crippen LogP contribution in [0.4, 0.5) is 0 Å². The molecular formula is C12H15NO2. The van der Waals surface area contributed by atoms with Gasteiger partial charge in [-0.1, -0.05) is 18.2 Å². The average molecular weight is 205 g/mol. The fourth-order valence-corrected chi connectivity index (χ4v) is 1.67. The van der Waals surface area contributed by atoms with Crippen molar-refractivity contribution in [3.8, 4) is 0 Å². The average Bonchev–Trinajstić information content (AvgIpc) is 2.56. The Morgan fingerprint density at radius 3 is 2.93 bits per heavy atom. The zero-order valence-corrected chi connectivity index (χ0v) is 9.04. The molecule has 0 aliphatic rings. The lowest BCUT2D eigenvalue weighted by Gasteiger charge is -2.02. The molecule has 0 aliphatic carbocycles. The smallest absolute Gasteiger partial charge is 0.134 e. The summed E-state index contributed by atoms with van der Waals surface area (Å²) >= 11 is 0. The van der Waals surface area contributed by atoms with Crippen molar-refractivity contribution in [3.05, 3.63) is 35.6 Å². The Morgan fingerprint density at radius 1 is 1.33 bits per heavy atom. The van der Waals surface area contributed by atoms with E-state index < -0.39 is 0 Å². The first-order valence-electron chi connectivity index (χ1n) is 5.14. The molecule has 0 saturated carbocycles. The first kappa shape index (κ1) is 10.2. The van der Waals surface area contributed by atoms with E-state index in [-0.39, 0.29) is 0 Å². The number of hydrogen-bond acceptors (Lipinski definition) is 3. The van der Waals surface area contributed by atoms with Gasteiger partial charge in [0.25, 0.3) is 0 Å². The van der Waals surface area contributed by atoms with Crippen LogP contribution in [-0.4, -0.2) is 6.61 Å². The number of para-hydroxylation sites is 1. The van der Waals surface area contributed by atoms with Crippen LogP contribution in [0.25, 0.3) is 11.0 Å². The van der Waals surface area contributed by atoms with Crippen LogP contribution in [0.3, 0.4) is 0 Å². The number of rotatable bonds is 4. The van der Waals surface area contributed by atoms with E-state index in [1.54, 1.807) is 0 Å². The fourth-order valence-electron chi connectivity index (χ4n) is 1.67. The van der Waals surface area contributed by atoms with Gasteiger partial charge in [-0.15, -0.1) is 0 Å². The molecule has 3 heteroatoms. The SMILES string of the molecule is CCONCc1c(C)oc2ccccc12. The molecule has 1 N–H and O–H groups in total. The van der Waals surface area contributed by atoms with E-state index in [1.165, 1.54) is 5.56 Å². The van der Waals surface area contributed by atoms with Crippen molar-refractivity contribution in [2.75, 3.05) is 6.61 Å². The van der Waals surface area contributed by atoms with Crippen molar-refractivity contribution in [1.29, 1.82) is 0 Å². The van der Waals surface area contributed by atoms with E-state index in [0.717, 1.165) is 16.7 Å². The van der Waals surface area contributed by atoms with Gasteiger partial charge in [0.1, 0.15) is 11.3 Å². The fraction of sp³-hybridized carbons (Fsp3) is 0.333. The van der Waals surface area contributed by atoms with Gasteiger partial charge in [0.15, 0.2) is 0 Å². The van der Waals surface area contributed by atoms with Crippen molar-refractivity contribution in [2.45, 2.75) is 20.4 Å². The molecule has 3 nitrogen and oxygen atoms in total. The summed E-state index contributed by atoms with van der Waals surface area (Å²) in [5.41, 5.74) is 5.01. The summed E-state index contributed by atoms with van der Waals surface area (Å²) in [4.78, 5) is 5.12. The number of hydrogen-bond donors (Lipinski definition) is 1. The van der Waals surface area contributed by atoms with Gasteiger partial charge < -0.3 is 9.25 Å². The second kappa shape index (κ2) is 4.47. The largest absolute Gasteiger partial charge is 0.461 e. The summed E-state index contributed by atoms with van der Waals surface area (Å²) in [5.74, 6) is 0.948. The van der Waals surface area contributed by atoms with Gasteiger partial charge in [-0.05, 0) is 19.9 Å². The van der Waals surface area contributed by atoms with E-state index in [9.17, 15) is 0 Å². The van der Waals surface area contributed by atoms with Gasteiger partial charge in [0, 0.05) is 10.9 Å². The minimum absolute atomic E-state index is 0.662. The molecule has 1 aromatic heterocycles. The monoisotopic (exact) mass is 205 g/mol. The summed E-state index contributed by atoms with van der Waals surface area (Å²) in [6.45, 7) is 5.27. The Balaban J connectivity index is 2.28. The molecule has 1 heterocycles. The normalized spacial score (nSPS) is 11.1. The Labute approximate surface area is 89.0 Å². The minimum Gasteiger partial charge on any atom is -0.461 e. The van der Waals surface area contributed by atoms with Crippen molar-refractivity contribution in [1.82, 2.24) is 5.48 Å². The molecule has 2 aromatic rings. The molecule has 1 aromatic carbocycles. The summed E-state index contributed by atoms with van der Waals surface area (Å²) < 4.78 is 5.63. The zero-order chi connectivity index (χ0) is 10.7. The molecule has 0 amide bonds. The van der Waals surface area contributed by atoms with Crippen molar-refractivity contribution in [3.63, 3.8) is 0 Å². The summed E-state index contributed by atoms with van der Waals surface area (Å²) in [5, 5.41) is 1.15. The molecule has 15 heavy (non-hydrogen) atoms. The quantitative estimate of drug-likeness (QED) is 0.615. The van der Waals surface area contributed by atoms with Gasteiger partial charge in [-0.3, -0.25) is 0 Å². The van der Waals surface area contributed by atoms with E-state index in [1.807, 2.05) is 32.0 Å². The van der Waals surface area contributed by atoms with Crippen molar-refractivity contribution < 1.29 is 9.25 Å². The van der Waals surface area contributed by atoms with E-state index in [2.05, 4.69) is 11.5 Å². The first-order chi connectivity index (χ1) is 7.33. The third-order valence-corrected chi connectivity index (χ3v) is 2.40. The van der Waals surface area contributed by atoms with Gasteiger partial charge in [0.05, 0.1) is 13.2 Å². The van der Waals surface area contributed by atoms with Crippen LogP contribution in [0.2, 0.25) is 0 Å². The molecule has 0 atom stereocenters. The Hall–Kier alpha value is -1.32. The molecule has 0 bridgehead atoms. The molecule has 2 rings (SSSR count). The summed E-state index contributed by atoms with van der Waals surface area (Å²) in [6, 6.07) is 8.04. The van der Waals surface area contributed by atoms with Crippen LogP contribution in [0, 0.1) is 6.92 Å².